The number of piperidine rings is 2. The minimum absolute atomic E-state index is 0.410. The standard InChI is InChI=1S/C29H35N3O2/c33-29(34)27-24-12-5-6-14-26(24)30-28(22-10-3-1-4-11-22)25(27)13-9-17-31-20-15-23(16-21-31)32-18-7-2-8-19-32/h1,3-6,10-12,14,23H,2,7-9,13,15-21H2,(H,33,34). The van der Waals surface area contributed by atoms with Gasteiger partial charge in [0.15, 0.2) is 0 Å². The van der Waals surface area contributed by atoms with Crippen LogP contribution in [0, 0.1) is 0 Å². The van der Waals surface area contributed by atoms with Crippen LogP contribution in [-0.4, -0.2) is 64.6 Å². The molecule has 0 unspecified atom stereocenters. The molecular formula is C29H35N3O2. The minimum Gasteiger partial charge on any atom is -0.478 e. The number of aromatic nitrogens is 1. The first-order valence-electron chi connectivity index (χ1n) is 12.9. The van der Waals surface area contributed by atoms with Crippen LogP contribution in [0.1, 0.15) is 54.4 Å². The molecule has 5 nitrogen and oxygen atoms in total. The zero-order chi connectivity index (χ0) is 23.3. The molecule has 2 aliphatic heterocycles. The van der Waals surface area contributed by atoms with Crippen molar-refractivity contribution in [2.45, 2.75) is 51.0 Å². The second-order valence-corrected chi connectivity index (χ2v) is 9.78. The second-order valence-electron chi connectivity index (χ2n) is 9.78. The lowest BCUT2D eigenvalue weighted by atomic mass is 9.93. The fourth-order valence-electron chi connectivity index (χ4n) is 5.84. The number of nitrogens with zero attached hydrogens (tertiary/aromatic N) is 3. The SMILES string of the molecule is O=C(O)c1c(CCCN2CCC(N3CCCCC3)CC2)c(-c2ccccc2)nc2ccccc12. The van der Waals surface area contributed by atoms with Gasteiger partial charge in [0.05, 0.1) is 16.8 Å². The van der Waals surface area contributed by atoms with Crippen LogP contribution in [0.5, 0.6) is 0 Å². The molecule has 0 aliphatic carbocycles. The van der Waals surface area contributed by atoms with E-state index < -0.39 is 5.97 Å². The number of rotatable bonds is 7. The Kier molecular flexibility index (Phi) is 7.21. The summed E-state index contributed by atoms with van der Waals surface area (Å²) in [6.45, 7) is 5.86. The number of aromatic carboxylic acids is 1. The lowest BCUT2D eigenvalue weighted by Crippen LogP contribution is -2.46. The number of hydrogen-bond donors (Lipinski definition) is 1. The molecule has 1 aromatic heterocycles. The van der Waals surface area contributed by atoms with Crippen molar-refractivity contribution in [2.75, 3.05) is 32.7 Å². The predicted molar refractivity (Wildman–Crippen MR) is 137 cm³/mol. The van der Waals surface area contributed by atoms with E-state index in [0.717, 1.165) is 66.2 Å². The van der Waals surface area contributed by atoms with E-state index in [1.54, 1.807) is 0 Å². The van der Waals surface area contributed by atoms with Gasteiger partial charge in [-0.1, -0.05) is 55.0 Å². The molecule has 2 aromatic carbocycles. The summed E-state index contributed by atoms with van der Waals surface area (Å²) in [6.07, 6.45) is 8.28. The van der Waals surface area contributed by atoms with Crippen LogP contribution < -0.4 is 0 Å². The smallest absolute Gasteiger partial charge is 0.336 e. The summed E-state index contributed by atoms with van der Waals surface area (Å²) in [5.41, 5.74) is 3.80. The molecule has 2 fully saturated rings. The Morgan fingerprint density at radius 1 is 0.912 bits per heavy atom. The summed E-state index contributed by atoms with van der Waals surface area (Å²) >= 11 is 0. The van der Waals surface area contributed by atoms with Crippen molar-refractivity contribution in [1.29, 1.82) is 0 Å². The highest BCUT2D eigenvalue weighted by Gasteiger charge is 2.26. The first kappa shape index (κ1) is 23.0. The van der Waals surface area contributed by atoms with Crippen molar-refractivity contribution in [3.8, 4) is 11.3 Å². The predicted octanol–water partition coefficient (Wildman–Crippen LogP) is 5.48. The number of pyridine rings is 1. The van der Waals surface area contributed by atoms with E-state index >= 15 is 0 Å². The Morgan fingerprint density at radius 3 is 2.35 bits per heavy atom. The zero-order valence-electron chi connectivity index (χ0n) is 20.0. The molecule has 5 heteroatoms. The third-order valence-corrected chi connectivity index (χ3v) is 7.62. The number of carboxylic acids is 1. The van der Waals surface area contributed by atoms with Gasteiger partial charge in [-0.25, -0.2) is 9.78 Å². The minimum atomic E-state index is -0.867. The van der Waals surface area contributed by atoms with Crippen LogP contribution in [0.2, 0.25) is 0 Å². The van der Waals surface area contributed by atoms with Crippen LogP contribution in [0.4, 0.5) is 0 Å². The van der Waals surface area contributed by atoms with Crippen molar-refractivity contribution >= 4 is 16.9 Å². The fraction of sp³-hybridized carbons (Fsp3) is 0.448. The summed E-state index contributed by atoms with van der Waals surface area (Å²) in [4.78, 5) is 22.6. The van der Waals surface area contributed by atoms with Crippen LogP contribution in [-0.2, 0) is 6.42 Å². The van der Waals surface area contributed by atoms with Gasteiger partial charge in [0.25, 0.3) is 0 Å². The first-order valence-corrected chi connectivity index (χ1v) is 12.9. The molecule has 2 saturated heterocycles. The van der Waals surface area contributed by atoms with Crippen molar-refractivity contribution in [1.82, 2.24) is 14.8 Å². The lowest BCUT2D eigenvalue weighted by molar-refractivity contribution is 0.0697. The summed E-state index contributed by atoms with van der Waals surface area (Å²) < 4.78 is 0. The molecule has 178 valence electrons. The largest absolute Gasteiger partial charge is 0.478 e. The molecule has 0 amide bonds. The molecule has 2 aliphatic rings. The van der Waals surface area contributed by atoms with Gasteiger partial charge < -0.3 is 14.9 Å². The summed E-state index contributed by atoms with van der Waals surface area (Å²) in [5.74, 6) is -0.867. The van der Waals surface area contributed by atoms with E-state index in [9.17, 15) is 9.90 Å². The molecule has 0 spiro atoms. The van der Waals surface area contributed by atoms with E-state index in [0.29, 0.717) is 5.56 Å². The lowest BCUT2D eigenvalue weighted by Gasteiger charge is -2.40. The van der Waals surface area contributed by atoms with E-state index in [1.807, 2.05) is 54.6 Å². The third kappa shape index (κ3) is 5.01. The highest BCUT2D eigenvalue weighted by atomic mass is 16.4. The number of benzene rings is 2. The van der Waals surface area contributed by atoms with Crippen molar-refractivity contribution in [2.24, 2.45) is 0 Å². The number of para-hydroxylation sites is 1. The third-order valence-electron chi connectivity index (χ3n) is 7.62. The van der Waals surface area contributed by atoms with Crippen LogP contribution in [0.25, 0.3) is 22.2 Å². The number of fused-ring (bicyclic) bond motifs is 1. The van der Waals surface area contributed by atoms with Gasteiger partial charge in [-0.05, 0) is 82.9 Å². The molecule has 5 rings (SSSR count). The average molecular weight is 458 g/mol. The number of carbonyl (C=O) groups is 1. The molecule has 0 bridgehead atoms. The Bertz CT molecular complexity index is 1120. The highest BCUT2D eigenvalue weighted by Crippen LogP contribution is 2.31. The van der Waals surface area contributed by atoms with Gasteiger partial charge in [0.2, 0.25) is 0 Å². The maximum absolute atomic E-state index is 12.4. The highest BCUT2D eigenvalue weighted by molar-refractivity contribution is 6.05. The maximum Gasteiger partial charge on any atom is 0.336 e. The van der Waals surface area contributed by atoms with Gasteiger partial charge in [-0.2, -0.15) is 0 Å². The molecule has 0 atom stereocenters. The van der Waals surface area contributed by atoms with E-state index in [-0.39, 0.29) is 0 Å². The molecule has 34 heavy (non-hydrogen) atoms. The van der Waals surface area contributed by atoms with Crippen LogP contribution >= 0.6 is 0 Å². The maximum atomic E-state index is 12.4. The molecule has 3 heterocycles. The van der Waals surface area contributed by atoms with Gasteiger partial charge in [0, 0.05) is 17.0 Å². The molecule has 3 aromatic rings. The zero-order valence-corrected chi connectivity index (χ0v) is 20.0. The average Bonchev–Trinajstić information content (AvgIpc) is 2.89. The summed E-state index contributed by atoms with van der Waals surface area (Å²) in [5, 5.41) is 10.9. The Morgan fingerprint density at radius 2 is 1.62 bits per heavy atom. The molecule has 0 saturated carbocycles. The van der Waals surface area contributed by atoms with Crippen molar-refractivity contribution < 1.29 is 9.90 Å². The van der Waals surface area contributed by atoms with Gasteiger partial charge in [0.1, 0.15) is 0 Å². The quantitative estimate of drug-likeness (QED) is 0.509. The van der Waals surface area contributed by atoms with Crippen molar-refractivity contribution in [3.05, 3.63) is 65.7 Å². The molecule has 0 radical (unpaired) electrons. The number of likely N-dealkylation sites (tertiary alicyclic amines) is 2. The van der Waals surface area contributed by atoms with E-state index in [2.05, 4.69) is 9.80 Å². The Balaban J connectivity index is 1.32. The molecule has 1 N–H and O–H groups in total. The number of carboxylic acid groups (broad SMARTS) is 1. The fourth-order valence-corrected chi connectivity index (χ4v) is 5.84. The summed E-state index contributed by atoms with van der Waals surface area (Å²) in [6, 6.07) is 18.4. The van der Waals surface area contributed by atoms with Gasteiger partial charge in [-0.3, -0.25) is 0 Å². The second kappa shape index (κ2) is 10.7. The van der Waals surface area contributed by atoms with Gasteiger partial charge in [-0.15, -0.1) is 0 Å². The topological polar surface area (TPSA) is 56.7 Å². The monoisotopic (exact) mass is 457 g/mol. The van der Waals surface area contributed by atoms with Gasteiger partial charge >= 0.3 is 5.97 Å². The number of hydrogen-bond acceptors (Lipinski definition) is 4. The van der Waals surface area contributed by atoms with Crippen LogP contribution in [0.15, 0.2) is 54.6 Å². The van der Waals surface area contributed by atoms with Crippen LogP contribution in [0.3, 0.4) is 0 Å². The van der Waals surface area contributed by atoms with E-state index in [1.165, 1.54) is 45.2 Å². The normalized spacial score (nSPS) is 18.4. The summed E-state index contributed by atoms with van der Waals surface area (Å²) in [7, 11) is 0. The Labute approximate surface area is 202 Å². The first-order chi connectivity index (χ1) is 16.7. The van der Waals surface area contributed by atoms with Crippen molar-refractivity contribution in [3.63, 3.8) is 0 Å². The van der Waals surface area contributed by atoms with E-state index in [4.69, 9.17) is 4.98 Å². The molecular weight excluding hydrogens is 422 g/mol. The Hall–Kier alpha value is -2.76.